The molecule has 0 unspecified atom stereocenters. The summed E-state index contributed by atoms with van der Waals surface area (Å²) in [7, 11) is 0. The van der Waals surface area contributed by atoms with Crippen molar-refractivity contribution >= 4 is 0 Å². The van der Waals surface area contributed by atoms with Crippen LogP contribution in [-0.2, 0) is 0 Å². The van der Waals surface area contributed by atoms with Crippen LogP contribution in [0.1, 0.15) is 33.6 Å². The number of rotatable bonds is 7. The molecule has 1 rings (SSSR count). The minimum Gasteiger partial charge on any atom is -0.313 e. The van der Waals surface area contributed by atoms with Crippen molar-refractivity contribution in [2.45, 2.75) is 39.7 Å². The maximum Gasteiger partial charge on any atom is 0.0110 e. The van der Waals surface area contributed by atoms with Gasteiger partial charge < -0.3 is 10.2 Å². The number of hydrogen-bond donors (Lipinski definition) is 1. The van der Waals surface area contributed by atoms with Gasteiger partial charge in [0.05, 0.1) is 0 Å². The summed E-state index contributed by atoms with van der Waals surface area (Å²) < 4.78 is 0. The quantitative estimate of drug-likeness (QED) is 0.709. The molecule has 0 aromatic rings. The fraction of sp³-hybridized carbons (Fsp3) is 1.00. The maximum absolute atomic E-state index is 3.64. The molecule has 0 atom stereocenters. The van der Waals surface area contributed by atoms with Crippen LogP contribution in [-0.4, -0.2) is 61.7 Å². The van der Waals surface area contributed by atoms with Crippen LogP contribution >= 0.6 is 0 Å². The van der Waals surface area contributed by atoms with E-state index in [0.717, 1.165) is 12.6 Å². The predicted octanol–water partition coefficient (Wildman–Crippen LogP) is 1.40. The number of likely N-dealkylation sites (N-methyl/N-ethyl adjacent to an activating group) is 1. The zero-order valence-electron chi connectivity index (χ0n) is 11.3. The molecule has 0 aromatic carbocycles. The molecule has 0 bridgehead atoms. The van der Waals surface area contributed by atoms with E-state index in [9.17, 15) is 0 Å². The lowest BCUT2D eigenvalue weighted by atomic mass is 10.2. The van der Waals surface area contributed by atoms with Gasteiger partial charge in [-0.15, -0.1) is 0 Å². The van der Waals surface area contributed by atoms with Crippen molar-refractivity contribution in [3.63, 3.8) is 0 Å². The zero-order chi connectivity index (χ0) is 11.8. The minimum atomic E-state index is 0.719. The molecule has 0 saturated carbocycles. The van der Waals surface area contributed by atoms with Gasteiger partial charge in [0.15, 0.2) is 0 Å². The van der Waals surface area contributed by atoms with Crippen LogP contribution in [0.3, 0.4) is 0 Å². The van der Waals surface area contributed by atoms with Crippen molar-refractivity contribution in [2.75, 3.05) is 45.8 Å². The fourth-order valence-electron chi connectivity index (χ4n) is 2.33. The highest BCUT2D eigenvalue weighted by Gasteiger charge is 2.14. The van der Waals surface area contributed by atoms with Gasteiger partial charge in [-0.25, -0.2) is 0 Å². The lowest BCUT2D eigenvalue weighted by Crippen LogP contribution is -2.48. The minimum absolute atomic E-state index is 0.719. The fourth-order valence-corrected chi connectivity index (χ4v) is 2.33. The molecule has 1 aliphatic rings. The van der Waals surface area contributed by atoms with Crippen molar-refractivity contribution < 1.29 is 0 Å². The molecule has 0 aliphatic carbocycles. The van der Waals surface area contributed by atoms with Gasteiger partial charge in [0.25, 0.3) is 0 Å². The Hall–Kier alpha value is -0.120. The summed E-state index contributed by atoms with van der Waals surface area (Å²) in [6, 6.07) is 0.719. The third kappa shape index (κ3) is 4.81. The van der Waals surface area contributed by atoms with Gasteiger partial charge in [-0.05, 0) is 19.4 Å². The van der Waals surface area contributed by atoms with Gasteiger partial charge >= 0.3 is 0 Å². The molecular weight excluding hydrogens is 198 g/mol. The van der Waals surface area contributed by atoms with Crippen LogP contribution in [0.4, 0.5) is 0 Å². The first-order valence-electron chi connectivity index (χ1n) is 6.98. The highest BCUT2D eigenvalue weighted by Crippen LogP contribution is 2.01. The third-order valence-electron chi connectivity index (χ3n) is 3.76. The largest absolute Gasteiger partial charge is 0.313 e. The van der Waals surface area contributed by atoms with E-state index in [1.165, 1.54) is 52.1 Å². The summed E-state index contributed by atoms with van der Waals surface area (Å²) in [5, 5.41) is 3.64. The molecule has 3 heteroatoms. The van der Waals surface area contributed by atoms with E-state index in [-0.39, 0.29) is 0 Å². The Kier molecular flexibility index (Phi) is 7.01. The summed E-state index contributed by atoms with van der Waals surface area (Å²) in [5.74, 6) is 0. The Balaban J connectivity index is 2.06. The molecule has 16 heavy (non-hydrogen) atoms. The molecule has 1 heterocycles. The normalized spacial score (nSPS) is 19.5. The summed E-state index contributed by atoms with van der Waals surface area (Å²) >= 11 is 0. The van der Waals surface area contributed by atoms with E-state index in [0.29, 0.717) is 0 Å². The molecule has 1 saturated heterocycles. The summed E-state index contributed by atoms with van der Waals surface area (Å²) in [5.41, 5.74) is 0. The van der Waals surface area contributed by atoms with E-state index in [2.05, 4.69) is 35.9 Å². The second kappa shape index (κ2) is 8.04. The van der Waals surface area contributed by atoms with Crippen molar-refractivity contribution in [3.8, 4) is 0 Å². The number of piperazine rings is 1. The van der Waals surface area contributed by atoms with Crippen LogP contribution in [0, 0.1) is 0 Å². The Morgan fingerprint density at radius 1 is 0.938 bits per heavy atom. The Morgan fingerprint density at radius 3 is 2.00 bits per heavy atom. The average molecular weight is 227 g/mol. The summed E-state index contributed by atoms with van der Waals surface area (Å²) in [6.07, 6.45) is 2.50. The van der Waals surface area contributed by atoms with E-state index < -0.39 is 0 Å². The zero-order valence-corrected chi connectivity index (χ0v) is 11.3. The SMILES string of the molecule is CCC(CC)NCCN1CCN(CC)CC1. The van der Waals surface area contributed by atoms with Crippen LogP contribution in [0.15, 0.2) is 0 Å². The number of nitrogens with zero attached hydrogens (tertiary/aromatic N) is 2. The highest BCUT2D eigenvalue weighted by molar-refractivity contribution is 4.72. The first-order valence-corrected chi connectivity index (χ1v) is 6.98. The Morgan fingerprint density at radius 2 is 1.50 bits per heavy atom. The second-order valence-corrected chi connectivity index (χ2v) is 4.74. The molecule has 1 aliphatic heterocycles. The molecule has 96 valence electrons. The molecule has 3 nitrogen and oxygen atoms in total. The number of hydrogen-bond acceptors (Lipinski definition) is 3. The molecule has 0 spiro atoms. The van der Waals surface area contributed by atoms with Crippen LogP contribution < -0.4 is 5.32 Å². The van der Waals surface area contributed by atoms with E-state index in [4.69, 9.17) is 0 Å². The first kappa shape index (κ1) is 13.9. The van der Waals surface area contributed by atoms with E-state index in [1.807, 2.05) is 0 Å². The average Bonchev–Trinajstić information content (AvgIpc) is 2.35. The van der Waals surface area contributed by atoms with Gasteiger partial charge in [-0.2, -0.15) is 0 Å². The Bertz CT molecular complexity index is 161. The molecule has 1 N–H and O–H groups in total. The second-order valence-electron chi connectivity index (χ2n) is 4.74. The lowest BCUT2D eigenvalue weighted by Gasteiger charge is -2.34. The molecule has 0 aromatic heterocycles. The molecule has 0 amide bonds. The van der Waals surface area contributed by atoms with Crippen LogP contribution in [0.5, 0.6) is 0 Å². The van der Waals surface area contributed by atoms with E-state index in [1.54, 1.807) is 0 Å². The predicted molar refractivity (Wildman–Crippen MR) is 70.9 cm³/mol. The third-order valence-corrected chi connectivity index (χ3v) is 3.76. The van der Waals surface area contributed by atoms with Gasteiger partial charge in [-0.3, -0.25) is 4.90 Å². The van der Waals surface area contributed by atoms with E-state index >= 15 is 0 Å². The van der Waals surface area contributed by atoms with Gasteiger partial charge in [-0.1, -0.05) is 20.8 Å². The summed E-state index contributed by atoms with van der Waals surface area (Å²) in [6.45, 7) is 15.4. The van der Waals surface area contributed by atoms with Gasteiger partial charge in [0, 0.05) is 45.3 Å². The standard InChI is InChI=1S/C13H29N3/c1-4-13(5-2)14-7-8-16-11-9-15(6-3)10-12-16/h13-14H,4-12H2,1-3H3. The maximum atomic E-state index is 3.64. The first-order chi connectivity index (χ1) is 7.80. The topological polar surface area (TPSA) is 18.5 Å². The molecule has 1 fully saturated rings. The van der Waals surface area contributed by atoms with Crippen molar-refractivity contribution in [3.05, 3.63) is 0 Å². The molecular formula is C13H29N3. The van der Waals surface area contributed by atoms with Crippen molar-refractivity contribution in [1.82, 2.24) is 15.1 Å². The van der Waals surface area contributed by atoms with Crippen molar-refractivity contribution in [1.29, 1.82) is 0 Å². The van der Waals surface area contributed by atoms with Crippen LogP contribution in [0.25, 0.3) is 0 Å². The monoisotopic (exact) mass is 227 g/mol. The van der Waals surface area contributed by atoms with Gasteiger partial charge in [0.2, 0.25) is 0 Å². The van der Waals surface area contributed by atoms with Crippen molar-refractivity contribution in [2.24, 2.45) is 0 Å². The van der Waals surface area contributed by atoms with Crippen LogP contribution in [0.2, 0.25) is 0 Å². The van der Waals surface area contributed by atoms with Gasteiger partial charge in [0.1, 0.15) is 0 Å². The number of nitrogens with one attached hydrogen (secondary N) is 1. The lowest BCUT2D eigenvalue weighted by molar-refractivity contribution is 0.137. The smallest absolute Gasteiger partial charge is 0.0110 e. The Labute approximate surface area is 101 Å². The molecule has 0 radical (unpaired) electrons. The highest BCUT2D eigenvalue weighted by atomic mass is 15.3. The summed E-state index contributed by atoms with van der Waals surface area (Å²) in [4.78, 5) is 5.12.